The summed E-state index contributed by atoms with van der Waals surface area (Å²) in [4.78, 5) is 21.5. The largest absolute Gasteiger partial charge is 0.379 e. The Bertz CT molecular complexity index is 1930. The summed E-state index contributed by atoms with van der Waals surface area (Å²) in [7, 11) is 0. The number of imidazole rings is 2. The van der Waals surface area contributed by atoms with Crippen molar-refractivity contribution in [1.82, 2.24) is 29.2 Å². The molecule has 2 atom stereocenters. The highest BCUT2D eigenvalue weighted by Gasteiger charge is 2.26. The molecule has 1 aromatic carbocycles. The van der Waals surface area contributed by atoms with Gasteiger partial charge < -0.3 is 20.1 Å². The minimum Gasteiger partial charge on any atom is -0.379 e. The fourth-order valence-corrected chi connectivity index (χ4v) is 7.04. The van der Waals surface area contributed by atoms with Gasteiger partial charge in [-0.1, -0.05) is 35.3 Å². The minimum atomic E-state index is 0.217. The average Bonchev–Trinajstić information content (AvgIpc) is 3.53. The van der Waals surface area contributed by atoms with Crippen LogP contribution in [0.1, 0.15) is 60.9 Å². The van der Waals surface area contributed by atoms with Crippen molar-refractivity contribution < 1.29 is 14.3 Å². The van der Waals surface area contributed by atoms with Crippen LogP contribution in [0.25, 0.3) is 22.6 Å². The van der Waals surface area contributed by atoms with Crippen LogP contribution in [0.15, 0.2) is 42.7 Å². The van der Waals surface area contributed by atoms with Gasteiger partial charge in [-0.3, -0.25) is 4.79 Å². The van der Waals surface area contributed by atoms with Gasteiger partial charge in [0.2, 0.25) is 0 Å². The summed E-state index contributed by atoms with van der Waals surface area (Å²) in [5, 5.41) is 16.3. The zero-order valence-electron chi connectivity index (χ0n) is 26.6. The number of carbonyl (C=O) groups is 1. The maximum Gasteiger partial charge on any atom is 0.178 e. The number of rotatable bonds is 10. The molecule has 5 aromatic rings. The van der Waals surface area contributed by atoms with Crippen LogP contribution in [0.3, 0.4) is 0 Å². The van der Waals surface area contributed by atoms with Gasteiger partial charge in [0.15, 0.2) is 27.4 Å². The van der Waals surface area contributed by atoms with Crippen LogP contribution < -0.4 is 10.6 Å². The Morgan fingerprint density at radius 3 is 2.06 bits per heavy atom. The molecule has 6 heterocycles. The second-order valence-electron chi connectivity index (χ2n) is 12.6. The number of anilines is 2. The zero-order valence-corrected chi connectivity index (χ0v) is 30.3. The van der Waals surface area contributed by atoms with Crippen LogP contribution in [-0.2, 0) is 9.47 Å². The molecule has 48 heavy (non-hydrogen) atoms. The molecule has 0 radical (unpaired) electrons. The number of hydrogen-bond donors (Lipinski definition) is 2. The van der Waals surface area contributed by atoms with Crippen molar-refractivity contribution >= 4 is 74.2 Å². The molecule has 2 saturated heterocycles. The quantitative estimate of drug-likeness (QED) is 0.109. The van der Waals surface area contributed by atoms with Gasteiger partial charge in [0, 0.05) is 56.0 Å². The molecule has 4 aromatic heterocycles. The van der Waals surface area contributed by atoms with Crippen molar-refractivity contribution in [3.05, 3.63) is 67.9 Å². The van der Waals surface area contributed by atoms with Gasteiger partial charge in [-0.15, -0.1) is 0 Å². The second kappa shape index (κ2) is 14.8. The Morgan fingerprint density at radius 2 is 1.48 bits per heavy atom. The standard InChI is InChI=1S/C23H25ClN4O2.C11H12ClIN4O/c1-14-9-16(6-7-18(14)21(29)10-15-4-5-15)20-13-26-23-19(11-22(24)27-28(20)23)25-12-17-3-2-8-30-17;12-9-4-8(14-5-7-2-1-3-18-7)11-15-6-10(13)17(11)16-9/h6-7,9,11,13,15,17,25H,2-5,8,10,12H2,1H3;4,6-7,14H,1-3,5H2/t17-;7-/m00/s1. The molecule has 3 fully saturated rings. The molecular weight excluding hydrogens is 766 g/mol. The maximum absolute atomic E-state index is 12.5. The van der Waals surface area contributed by atoms with E-state index in [9.17, 15) is 4.79 Å². The van der Waals surface area contributed by atoms with Crippen molar-refractivity contribution in [3.63, 3.8) is 0 Å². The van der Waals surface area contributed by atoms with Crippen LogP contribution in [0.5, 0.6) is 0 Å². The number of nitrogens with zero attached hydrogens (tertiary/aromatic N) is 6. The highest BCUT2D eigenvalue weighted by atomic mass is 127. The molecular formula is C34H37Cl2IN8O3. The second-order valence-corrected chi connectivity index (χ2v) is 14.5. The number of halogens is 3. The van der Waals surface area contributed by atoms with Crippen LogP contribution in [-0.4, -0.2) is 73.5 Å². The third-order valence-electron chi connectivity index (χ3n) is 8.92. The lowest BCUT2D eigenvalue weighted by Crippen LogP contribution is -2.19. The van der Waals surface area contributed by atoms with E-state index < -0.39 is 0 Å². The molecule has 0 spiro atoms. The molecule has 1 aliphatic carbocycles. The summed E-state index contributed by atoms with van der Waals surface area (Å²) in [6.45, 7) is 5.17. The van der Waals surface area contributed by atoms with Gasteiger partial charge >= 0.3 is 0 Å². The Labute approximate surface area is 302 Å². The molecule has 14 heteroatoms. The number of benzene rings is 1. The van der Waals surface area contributed by atoms with Crippen LogP contribution in [0.2, 0.25) is 10.3 Å². The minimum absolute atomic E-state index is 0.217. The number of fused-ring (bicyclic) bond motifs is 2. The summed E-state index contributed by atoms with van der Waals surface area (Å²) < 4.78 is 15.7. The van der Waals surface area contributed by atoms with E-state index >= 15 is 0 Å². The highest BCUT2D eigenvalue weighted by molar-refractivity contribution is 14.1. The third-order valence-corrected chi connectivity index (χ3v) is 10.0. The van der Waals surface area contributed by atoms with Gasteiger partial charge in [-0.25, -0.2) is 19.0 Å². The molecule has 0 bridgehead atoms. The number of carbonyl (C=O) groups excluding carboxylic acids is 1. The number of ether oxygens (including phenoxy) is 2. The average molecular weight is 804 g/mol. The molecule has 3 aliphatic rings. The summed E-state index contributed by atoms with van der Waals surface area (Å²) in [6.07, 6.45) is 11.5. The van der Waals surface area contributed by atoms with Gasteiger partial charge in [-0.05, 0) is 85.6 Å². The Balaban J connectivity index is 0.000000172. The SMILES string of the molecule is Cc1cc(-c2cnc3c(NC[C@@H]4CCCO4)cc(Cl)nn23)ccc1C(=O)CC1CC1.Clc1cc(NC[C@@H]2CCCO2)c2ncc(I)n2n1. The number of hydrogen-bond acceptors (Lipinski definition) is 9. The summed E-state index contributed by atoms with van der Waals surface area (Å²) in [5.74, 6) is 0.823. The first-order valence-electron chi connectivity index (χ1n) is 16.4. The van der Waals surface area contributed by atoms with E-state index in [0.29, 0.717) is 22.6 Å². The first-order chi connectivity index (χ1) is 23.3. The van der Waals surface area contributed by atoms with Crippen molar-refractivity contribution in [2.45, 2.75) is 64.1 Å². The highest BCUT2D eigenvalue weighted by Crippen LogP contribution is 2.34. The lowest BCUT2D eigenvalue weighted by atomic mass is 9.98. The fraction of sp³-hybridized carbons (Fsp3) is 0.441. The maximum atomic E-state index is 12.5. The monoisotopic (exact) mass is 802 g/mol. The number of aromatic nitrogens is 6. The van der Waals surface area contributed by atoms with Crippen molar-refractivity contribution in [2.24, 2.45) is 5.92 Å². The van der Waals surface area contributed by atoms with Crippen LogP contribution >= 0.6 is 45.8 Å². The molecule has 11 nitrogen and oxygen atoms in total. The van der Waals surface area contributed by atoms with E-state index in [4.69, 9.17) is 32.7 Å². The van der Waals surface area contributed by atoms with E-state index in [1.165, 1.54) is 12.8 Å². The number of aryl methyl sites for hydroxylation is 1. The van der Waals surface area contributed by atoms with Crippen LogP contribution in [0.4, 0.5) is 11.4 Å². The molecule has 8 rings (SSSR count). The molecule has 2 N–H and O–H groups in total. The Morgan fingerprint density at radius 1 is 0.875 bits per heavy atom. The number of Topliss-reactive ketones (excluding diaryl/α,β-unsaturated/α-hetero) is 1. The first-order valence-corrected chi connectivity index (χ1v) is 18.2. The van der Waals surface area contributed by atoms with Crippen LogP contribution in [0, 0.1) is 16.5 Å². The predicted molar refractivity (Wildman–Crippen MR) is 195 cm³/mol. The normalized spacial score (nSPS) is 19.1. The lowest BCUT2D eigenvalue weighted by Gasteiger charge is -2.13. The summed E-state index contributed by atoms with van der Waals surface area (Å²) in [5.41, 5.74) is 6.84. The lowest BCUT2D eigenvalue weighted by molar-refractivity contribution is 0.0975. The molecule has 0 amide bonds. The Hall–Kier alpha value is -3.04. The topological polar surface area (TPSA) is 120 Å². The van der Waals surface area contributed by atoms with E-state index in [2.05, 4.69) is 53.4 Å². The fourth-order valence-electron chi connectivity index (χ4n) is 6.20. The molecule has 1 saturated carbocycles. The summed E-state index contributed by atoms with van der Waals surface area (Å²) >= 11 is 14.5. The van der Waals surface area contributed by atoms with E-state index in [-0.39, 0.29) is 18.0 Å². The van der Waals surface area contributed by atoms with Gasteiger partial charge in [0.25, 0.3) is 0 Å². The number of nitrogens with one attached hydrogen (secondary N) is 2. The third kappa shape index (κ3) is 7.72. The van der Waals surface area contributed by atoms with Gasteiger partial charge in [0.05, 0.1) is 41.7 Å². The Kier molecular flexibility index (Phi) is 10.3. The smallest absolute Gasteiger partial charge is 0.178 e. The molecule has 252 valence electrons. The molecule has 0 unspecified atom stereocenters. The van der Waals surface area contributed by atoms with E-state index in [0.717, 1.165) is 101 Å². The summed E-state index contributed by atoms with van der Waals surface area (Å²) in [6, 6.07) is 9.53. The van der Waals surface area contributed by atoms with Gasteiger partial charge in [0.1, 0.15) is 3.70 Å². The van der Waals surface area contributed by atoms with Crippen molar-refractivity contribution in [3.8, 4) is 11.3 Å². The van der Waals surface area contributed by atoms with Crippen molar-refractivity contribution in [1.29, 1.82) is 0 Å². The predicted octanol–water partition coefficient (Wildman–Crippen LogP) is 7.51. The van der Waals surface area contributed by atoms with E-state index in [1.807, 2.05) is 25.1 Å². The zero-order chi connectivity index (χ0) is 33.2. The molecule has 2 aliphatic heterocycles. The van der Waals surface area contributed by atoms with E-state index in [1.54, 1.807) is 33.6 Å². The first kappa shape index (κ1) is 33.5. The van der Waals surface area contributed by atoms with Crippen molar-refractivity contribution in [2.75, 3.05) is 36.9 Å². The number of ketones is 1. The van der Waals surface area contributed by atoms with Gasteiger partial charge in [-0.2, -0.15) is 10.2 Å².